The maximum absolute atomic E-state index is 12.4. The highest BCUT2D eigenvalue weighted by Crippen LogP contribution is 2.15. The smallest absolute Gasteiger partial charge is 0.319 e. The minimum atomic E-state index is -0.612. The Bertz CT molecular complexity index is 704. The summed E-state index contributed by atoms with van der Waals surface area (Å²) in [4.78, 5) is 27.2. The lowest BCUT2D eigenvalue weighted by molar-refractivity contribution is -0.131. The molecule has 1 atom stereocenters. The zero-order chi connectivity index (χ0) is 18.2. The van der Waals surface area contributed by atoms with Crippen molar-refractivity contribution in [3.05, 3.63) is 60.2 Å². The average molecular weight is 357 g/mol. The minimum absolute atomic E-state index is 0.142. The van der Waals surface area contributed by atoms with E-state index in [1.54, 1.807) is 42.8 Å². The van der Waals surface area contributed by atoms with E-state index in [1.807, 2.05) is 48.7 Å². The molecule has 0 radical (unpaired) electrons. The lowest BCUT2D eigenvalue weighted by Gasteiger charge is -2.22. The number of hydrogen-bond acceptors (Lipinski definition) is 3. The second-order valence-corrected chi connectivity index (χ2v) is 6.61. The highest BCUT2D eigenvalue weighted by Gasteiger charge is 2.19. The summed E-state index contributed by atoms with van der Waals surface area (Å²) >= 11 is 1.68. The molecule has 132 valence electrons. The Morgan fingerprint density at radius 3 is 2.32 bits per heavy atom. The summed E-state index contributed by atoms with van der Waals surface area (Å²) in [6.45, 7) is 2.18. The molecule has 0 aromatic heterocycles. The van der Waals surface area contributed by atoms with E-state index in [2.05, 4.69) is 10.6 Å². The molecule has 2 N–H and O–H groups in total. The SMILES string of the molecule is CSc1ccc(CN(C)C(=O)C(C)NC(=O)Nc2ccccc2)cc1. The van der Waals surface area contributed by atoms with Gasteiger partial charge in [-0.1, -0.05) is 30.3 Å². The van der Waals surface area contributed by atoms with Gasteiger partial charge in [0.05, 0.1) is 0 Å². The first-order valence-electron chi connectivity index (χ1n) is 8.00. The van der Waals surface area contributed by atoms with Gasteiger partial charge in [0.1, 0.15) is 6.04 Å². The van der Waals surface area contributed by atoms with Gasteiger partial charge >= 0.3 is 6.03 Å². The molecule has 0 heterocycles. The summed E-state index contributed by atoms with van der Waals surface area (Å²) in [5.74, 6) is -0.142. The molecule has 0 aliphatic carbocycles. The Balaban J connectivity index is 1.86. The highest BCUT2D eigenvalue weighted by atomic mass is 32.2. The van der Waals surface area contributed by atoms with Gasteiger partial charge in [0.2, 0.25) is 5.91 Å². The summed E-state index contributed by atoms with van der Waals surface area (Å²) in [6, 6.07) is 16.2. The van der Waals surface area contributed by atoms with E-state index in [1.165, 1.54) is 4.90 Å². The Hall–Kier alpha value is -2.47. The Morgan fingerprint density at radius 1 is 1.08 bits per heavy atom. The zero-order valence-electron chi connectivity index (χ0n) is 14.7. The van der Waals surface area contributed by atoms with Crippen LogP contribution in [0.4, 0.5) is 10.5 Å². The van der Waals surface area contributed by atoms with Crippen LogP contribution in [0.5, 0.6) is 0 Å². The van der Waals surface area contributed by atoms with Crippen molar-refractivity contribution < 1.29 is 9.59 Å². The van der Waals surface area contributed by atoms with Crippen LogP contribution < -0.4 is 10.6 Å². The summed E-state index contributed by atoms with van der Waals surface area (Å²) in [6.07, 6.45) is 2.03. The molecule has 0 aliphatic rings. The maximum atomic E-state index is 12.4. The van der Waals surface area contributed by atoms with Gasteiger partial charge < -0.3 is 15.5 Å². The summed E-state index contributed by atoms with van der Waals surface area (Å²) in [5.41, 5.74) is 1.73. The second-order valence-electron chi connectivity index (χ2n) is 5.73. The first-order valence-corrected chi connectivity index (χ1v) is 9.22. The van der Waals surface area contributed by atoms with Gasteiger partial charge in [-0.15, -0.1) is 11.8 Å². The van der Waals surface area contributed by atoms with Gasteiger partial charge in [0, 0.05) is 24.2 Å². The normalized spacial score (nSPS) is 11.5. The number of para-hydroxylation sites is 1. The zero-order valence-corrected chi connectivity index (χ0v) is 15.5. The van der Waals surface area contributed by atoms with Crippen LogP contribution in [-0.2, 0) is 11.3 Å². The molecular weight excluding hydrogens is 334 g/mol. The van der Waals surface area contributed by atoms with Gasteiger partial charge in [0.25, 0.3) is 0 Å². The van der Waals surface area contributed by atoms with Crippen molar-refractivity contribution in [3.63, 3.8) is 0 Å². The topological polar surface area (TPSA) is 61.4 Å². The highest BCUT2D eigenvalue weighted by molar-refractivity contribution is 7.98. The van der Waals surface area contributed by atoms with Gasteiger partial charge in [-0.3, -0.25) is 4.79 Å². The third-order valence-electron chi connectivity index (χ3n) is 3.70. The minimum Gasteiger partial charge on any atom is -0.340 e. The fourth-order valence-corrected chi connectivity index (χ4v) is 2.77. The number of urea groups is 1. The monoisotopic (exact) mass is 357 g/mol. The lowest BCUT2D eigenvalue weighted by atomic mass is 10.2. The molecule has 2 aromatic carbocycles. The van der Waals surface area contributed by atoms with Crippen molar-refractivity contribution in [2.75, 3.05) is 18.6 Å². The number of carbonyl (C=O) groups excluding carboxylic acids is 2. The maximum Gasteiger partial charge on any atom is 0.319 e. The van der Waals surface area contributed by atoms with E-state index in [-0.39, 0.29) is 5.91 Å². The number of nitrogens with one attached hydrogen (secondary N) is 2. The molecule has 1 unspecified atom stereocenters. The van der Waals surface area contributed by atoms with Crippen LogP contribution in [0.3, 0.4) is 0 Å². The standard InChI is InChI=1S/C19H23N3O2S/c1-14(20-19(24)21-16-7-5-4-6-8-16)18(23)22(2)13-15-9-11-17(25-3)12-10-15/h4-12,14H,13H2,1-3H3,(H2,20,21,24). The molecule has 0 bridgehead atoms. The van der Waals surface area contributed by atoms with Crippen LogP contribution in [0.25, 0.3) is 0 Å². The van der Waals surface area contributed by atoms with Crippen molar-refractivity contribution in [3.8, 4) is 0 Å². The Labute approximate surface area is 152 Å². The molecule has 0 saturated carbocycles. The molecule has 0 spiro atoms. The number of likely N-dealkylation sites (N-methyl/N-ethyl adjacent to an activating group) is 1. The van der Waals surface area contributed by atoms with E-state index >= 15 is 0 Å². The van der Waals surface area contributed by atoms with Crippen LogP contribution in [0, 0.1) is 0 Å². The van der Waals surface area contributed by atoms with Crippen molar-refractivity contribution in [1.82, 2.24) is 10.2 Å². The number of rotatable bonds is 6. The summed E-state index contributed by atoms with van der Waals surface area (Å²) in [5, 5.41) is 5.37. The van der Waals surface area contributed by atoms with Crippen molar-refractivity contribution in [1.29, 1.82) is 0 Å². The van der Waals surface area contributed by atoms with Gasteiger partial charge in [-0.05, 0) is 43.0 Å². The molecule has 0 fully saturated rings. The van der Waals surface area contributed by atoms with Crippen LogP contribution in [0.2, 0.25) is 0 Å². The molecule has 0 saturated heterocycles. The number of amides is 3. The molecule has 6 heteroatoms. The molecule has 0 aliphatic heterocycles. The lowest BCUT2D eigenvalue weighted by Crippen LogP contribution is -2.46. The third kappa shape index (κ3) is 5.83. The number of hydrogen-bond donors (Lipinski definition) is 2. The summed E-state index contributed by atoms with van der Waals surface area (Å²) in [7, 11) is 1.73. The van der Waals surface area contributed by atoms with E-state index in [0.29, 0.717) is 12.2 Å². The Kier molecular flexibility index (Phi) is 6.89. The van der Waals surface area contributed by atoms with Crippen LogP contribution >= 0.6 is 11.8 Å². The number of benzene rings is 2. The first-order chi connectivity index (χ1) is 12.0. The first kappa shape index (κ1) is 18.9. The number of carbonyl (C=O) groups is 2. The largest absolute Gasteiger partial charge is 0.340 e. The van der Waals surface area contributed by atoms with Gasteiger partial charge in [-0.25, -0.2) is 4.79 Å². The Morgan fingerprint density at radius 2 is 1.72 bits per heavy atom. The molecule has 3 amide bonds. The van der Waals surface area contributed by atoms with Crippen LogP contribution in [0.15, 0.2) is 59.5 Å². The predicted molar refractivity (Wildman–Crippen MR) is 103 cm³/mol. The number of thioether (sulfide) groups is 1. The van der Waals surface area contributed by atoms with E-state index in [4.69, 9.17) is 0 Å². The van der Waals surface area contributed by atoms with Crippen LogP contribution in [0.1, 0.15) is 12.5 Å². The van der Waals surface area contributed by atoms with Gasteiger partial charge in [-0.2, -0.15) is 0 Å². The third-order valence-corrected chi connectivity index (χ3v) is 4.45. The quantitative estimate of drug-likeness (QED) is 0.777. The van der Waals surface area contributed by atoms with E-state index in [0.717, 1.165) is 5.56 Å². The van der Waals surface area contributed by atoms with Gasteiger partial charge in [0.15, 0.2) is 0 Å². The molecular formula is C19H23N3O2S. The molecule has 2 rings (SSSR count). The van der Waals surface area contributed by atoms with Crippen molar-refractivity contribution in [2.45, 2.75) is 24.4 Å². The fourth-order valence-electron chi connectivity index (χ4n) is 2.36. The van der Waals surface area contributed by atoms with E-state index in [9.17, 15) is 9.59 Å². The molecule has 5 nitrogen and oxygen atoms in total. The van der Waals surface area contributed by atoms with Crippen molar-refractivity contribution >= 4 is 29.4 Å². The fraction of sp³-hybridized carbons (Fsp3) is 0.263. The predicted octanol–water partition coefficient (Wildman–Crippen LogP) is 3.58. The second kappa shape index (κ2) is 9.13. The number of anilines is 1. The van der Waals surface area contributed by atoms with Crippen molar-refractivity contribution in [2.24, 2.45) is 0 Å². The molecule has 2 aromatic rings. The number of nitrogens with zero attached hydrogens (tertiary/aromatic N) is 1. The average Bonchev–Trinajstić information content (AvgIpc) is 2.62. The summed E-state index contributed by atoms with van der Waals surface area (Å²) < 4.78 is 0. The van der Waals surface area contributed by atoms with E-state index < -0.39 is 12.1 Å². The van der Waals surface area contributed by atoms with Crippen LogP contribution in [-0.4, -0.2) is 36.2 Å². The molecule has 25 heavy (non-hydrogen) atoms.